The molecule has 1 unspecified atom stereocenters. The van der Waals surface area contributed by atoms with E-state index in [-0.39, 0.29) is 6.10 Å². The molecule has 1 nitrogen and oxygen atoms in total. The standard InChI is InChI=1S/C9H10BrClOS/c10-6-4-7(13-9(6)11)8(12)5-2-1-3-5/h4-5,8,12H,1-3H2. The van der Waals surface area contributed by atoms with Crippen molar-refractivity contribution in [2.75, 3.05) is 0 Å². The molecule has 13 heavy (non-hydrogen) atoms. The average Bonchev–Trinajstić information content (AvgIpc) is 2.28. The predicted octanol–water partition coefficient (Wildman–Crippen LogP) is 4.00. The zero-order valence-corrected chi connectivity index (χ0v) is 10.1. The van der Waals surface area contributed by atoms with E-state index in [9.17, 15) is 5.11 Å². The summed E-state index contributed by atoms with van der Waals surface area (Å²) in [5.41, 5.74) is 0. The van der Waals surface area contributed by atoms with E-state index in [1.54, 1.807) is 0 Å². The molecule has 1 atom stereocenters. The second-order valence-electron chi connectivity index (χ2n) is 3.41. The van der Waals surface area contributed by atoms with E-state index >= 15 is 0 Å². The highest BCUT2D eigenvalue weighted by atomic mass is 79.9. The van der Waals surface area contributed by atoms with Gasteiger partial charge in [-0.3, -0.25) is 0 Å². The van der Waals surface area contributed by atoms with Crippen LogP contribution in [0.2, 0.25) is 4.34 Å². The van der Waals surface area contributed by atoms with Crippen LogP contribution in [0.1, 0.15) is 30.2 Å². The van der Waals surface area contributed by atoms with E-state index in [1.807, 2.05) is 6.07 Å². The maximum absolute atomic E-state index is 9.91. The van der Waals surface area contributed by atoms with Gasteiger partial charge in [0, 0.05) is 9.35 Å². The van der Waals surface area contributed by atoms with Crippen molar-refractivity contribution in [3.63, 3.8) is 0 Å². The maximum Gasteiger partial charge on any atom is 0.107 e. The molecule has 0 spiro atoms. The summed E-state index contributed by atoms with van der Waals surface area (Å²) >= 11 is 10.7. The van der Waals surface area contributed by atoms with Gasteiger partial charge in [-0.15, -0.1) is 11.3 Å². The quantitative estimate of drug-likeness (QED) is 0.869. The molecule has 1 aliphatic carbocycles. The largest absolute Gasteiger partial charge is 0.387 e. The lowest BCUT2D eigenvalue weighted by atomic mass is 9.81. The van der Waals surface area contributed by atoms with E-state index in [4.69, 9.17) is 11.6 Å². The molecule has 1 aromatic rings. The third kappa shape index (κ3) is 1.94. The van der Waals surface area contributed by atoms with Gasteiger partial charge in [-0.2, -0.15) is 0 Å². The van der Waals surface area contributed by atoms with E-state index in [1.165, 1.54) is 17.8 Å². The molecule has 0 bridgehead atoms. The zero-order valence-electron chi connectivity index (χ0n) is 6.96. The maximum atomic E-state index is 9.91. The van der Waals surface area contributed by atoms with Crippen LogP contribution in [0.15, 0.2) is 10.5 Å². The minimum absolute atomic E-state index is 0.303. The molecule has 0 saturated heterocycles. The molecule has 1 N–H and O–H groups in total. The summed E-state index contributed by atoms with van der Waals surface area (Å²) in [6.45, 7) is 0. The fourth-order valence-corrected chi connectivity index (χ4v) is 3.31. The van der Waals surface area contributed by atoms with Crippen molar-refractivity contribution in [1.29, 1.82) is 0 Å². The predicted molar refractivity (Wildman–Crippen MR) is 59.3 cm³/mol. The Balaban J connectivity index is 2.14. The van der Waals surface area contributed by atoms with Gasteiger partial charge in [-0.25, -0.2) is 0 Å². The highest BCUT2D eigenvalue weighted by molar-refractivity contribution is 9.10. The minimum Gasteiger partial charge on any atom is -0.387 e. The van der Waals surface area contributed by atoms with Crippen LogP contribution in [0.3, 0.4) is 0 Å². The van der Waals surface area contributed by atoms with Gasteiger partial charge in [0.1, 0.15) is 4.34 Å². The monoisotopic (exact) mass is 280 g/mol. The second kappa shape index (κ2) is 3.89. The van der Waals surface area contributed by atoms with Gasteiger partial charge in [-0.1, -0.05) is 18.0 Å². The van der Waals surface area contributed by atoms with Gasteiger partial charge < -0.3 is 5.11 Å². The molecule has 4 heteroatoms. The van der Waals surface area contributed by atoms with Crippen LogP contribution < -0.4 is 0 Å². The van der Waals surface area contributed by atoms with Crippen LogP contribution in [0, 0.1) is 5.92 Å². The molecule has 0 amide bonds. The molecule has 1 aromatic heterocycles. The SMILES string of the molecule is OC(c1cc(Br)c(Cl)s1)C1CCC1. The van der Waals surface area contributed by atoms with Gasteiger partial charge in [0.05, 0.1) is 6.10 Å². The molecule has 1 heterocycles. The fourth-order valence-electron chi connectivity index (χ4n) is 1.50. The number of aliphatic hydroxyl groups excluding tert-OH is 1. The molecular formula is C9H10BrClOS. The number of hydrogen-bond donors (Lipinski definition) is 1. The van der Waals surface area contributed by atoms with Crippen LogP contribution in [0.5, 0.6) is 0 Å². The Kier molecular flexibility index (Phi) is 2.98. The molecule has 1 aliphatic rings. The summed E-state index contributed by atoms with van der Waals surface area (Å²) in [6.07, 6.45) is 3.24. The summed E-state index contributed by atoms with van der Waals surface area (Å²) in [5.74, 6) is 0.460. The van der Waals surface area contributed by atoms with E-state index < -0.39 is 0 Å². The lowest BCUT2D eigenvalue weighted by Gasteiger charge is -2.29. The van der Waals surface area contributed by atoms with Crippen LogP contribution in [-0.2, 0) is 0 Å². The number of thiophene rings is 1. The molecule has 1 saturated carbocycles. The Morgan fingerprint density at radius 3 is 2.69 bits per heavy atom. The first kappa shape index (κ1) is 9.97. The fraction of sp³-hybridized carbons (Fsp3) is 0.556. The van der Waals surface area contributed by atoms with Crippen LogP contribution in [-0.4, -0.2) is 5.11 Å². The minimum atomic E-state index is -0.303. The van der Waals surface area contributed by atoms with Crippen LogP contribution in [0.25, 0.3) is 0 Å². The Bertz CT molecular complexity index is 289. The van der Waals surface area contributed by atoms with Crippen LogP contribution in [0.4, 0.5) is 0 Å². The van der Waals surface area contributed by atoms with E-state index in [0.29, 0.717) is 5.92 Å². The van der Waals surface area contributed by atoms with Crippen molar-refractivity contribution >= 4 is 38.9 Å². The van der Waals surface area contributed by atoms with Gasteiger partial charge in [0.25, 0.3) is 0 Å². The highest BCUT2D eigenvalue weighted by Crippen LogP contribution is 2.43. The molecule has 0 radical (unpaired) electrons. The first-order valence-corrected chi connectivity index (χ1v) is 6.30. The van der Waals surface area contributed by atoms with Crippen molar-refractivity contribution in [2.45, 2.75) is 25.4 Å². The second-order valence-corrected chi connectivity index (χ2v) is 5.95. The molecule has 0 aliphatic heterocycles. The molecule has 72 valence electrons. The van der Waals surface area contributed by atoms with Gasteiger partial charge in [-0.05, 0) is 40.8 Å². The Labute approximate surface area is 94.9 Å². The Hall–Kier alpha value is 0.430. The molecule has 0 aromatic carbocycles. The van der Waals surface area contributed by atoms with Gasteiger partial charge >= 0.3 is 0 Å². The molecule has 2 rings (SSSR count). The highest BCUT2D eigenvalue weighted by Gasteiger charge is 2.28. The van der Waals surface area contributed by atoms with Crippen molar-refractivity contribution in [3.8, 4) is 0 Å². The van der Waals surface area contributed by atoms with Crippen molar-refractivity contribution in [1.82, 2.24) is 0 Å². The third-order valence-corrected chi connectivity index (χ3v) is 5.10. The number of halogens is 2. The van der Waals surface area contributed by atoms with Crippen molar-refractivity contribution in [3.05, 3.63) is 19.8 Å². The molecular weight excluding hydrogens is 272 g/mol. The van der Waals surface area contributed by atoms with Gasteiger partial charge in [0.2, 0.25) is 0 Å². The summed E-state index contributed by atoms with van der Waals surface area (Å²) in [4.78, 5) is 0.988. The zero-order chi connectivity index (χ0) is 9.42. The summed E-state index contributed by atoms with van der Waals surface area (Å²) in [5, 5.41) is 9.91. The first-order chi connectivity index (χ1) is 6.18. The Morgan fingerprint density at radius 2 is 2.31 bits per heavy atom. The average molecular weight is 282 g/mol. The van der Waals surface area contributed by atoms with E-state index in [0.717, 1.165) is 26.5 Å². The summed E-state index contributed by atoms with van der Waals surface area (Å²) in [6, 6.07) is 1.93. The number of aliphatic hydroxyl groups is 1. The number of rotatable bonds is 2. The van der Waals surface area contributed by atoms with Crippen molar-refractivity contribution in [2.24, 2.45) is 5.92 Å². The molecule has 1 fully saturated rings. The lowest BCUT2D eigenvalue weighted by molar-refractivity contribution is 0.0649. The lowest BCUT2D eigenvalue weighted by Crippen LogP contribution is -2.19. The van der Waals surface area contributed by atoms with Crippen LogP contribution >= 0.6 is 38.9 Å². The van der Waals surface area contributed by atoms with Crippen molar-refractivity contribution < 1.29 is 5.11 Å². The number of hydrogen-bond acceptors (Lipinski definition) is 2. The topological polar surface area (TPSA) is 20.2 Å². The summed E-state index contributed by atoms with van der Waals surface area (Å²) < 4.78 is 1.63. The van der Waals surface area contributed by atoms with Gasteiger partial charge in [0.15, 0.2) is 0 Å². The first-order valence-electron chi connectivity index (χ1n) is 4.31. The third-order valence-electron chi connectivity index (χ3n) is 2.55. The smallest absolute Gasteiger partial charge is 0.107 e. The normalized spacial score (nSPS) is 19.9. The van der Waals surface area contributed by atoms with E-state index in [2.05, 4.69) is 15.9 Å². The summed E-state index contributed by atoms with van der Waals surface area (Å²) in [7, 11) is 0. The Morgan fingerprint density at radius 1 is 1.62 bits per heavy atom.